The maximum atomic E-state index is 10.8. The van der Waals surface area contributed by atoms with E-state index in [1.165, 1.54) is 0 Å². The lowest BCUT2D eigenvalue weighted by Crippen LogP contribution is -2.08. The molecule has 0 saturated carbocycles. The lowest BCUT2D eigenvalue weighted by molar-refractivity contribution is -0.137. The Bertz CT molecular complexity index is 431. The molecule has 0 heterocycles. The van der Waals surface area contributed by atoms with Crippen LogP contribution in [0.15, 0.2) is 18.2 Å². The number of nitrogen functional groups attached to an aromatic ring is 1. The normalized spacial score (nSPS) is 14.1. The van der Waals surface area contributed by atoms with Crippen LogP contribution in [0.3, 0.4) is 0 Å². The van der Waals surface area contributed by atoms with Gasteiger partial charge in [0.05, 0.1) is 12.5 Å². The minimum absolute atomic E-state index is 0.0104. The first-order chi connectivity index (χ1) is 8.99. The molecule has 2 atom stereocenters. The first kappa shape index (κ1) is 15.5. The topological polar surface area (TPSA) is 72.5 Å². The van der Waals surface area contributed by atoms with Crippen LogP contribution in [-0.4, -0.2) is 17.7 Å². The highest BCUT2D eigenvalue weighted by molar-refractivity contribution is 5.68. The second-order valence-corrected chi connectivity index (χ2v) is 4.69. The van der Waals surface area contributed by atoms with Crippen LogP contribution in [0, 0.1) is 0 Å². The molecule has 1 aromatic rings. The van der Waals surface area contributed by atoms with E-state index in [2.05, 4.69) is 0 Å². The van der Waals surface area contributed by atoms with Crippen molar-refractivity contribution >= 4 is 11.7 Å². The lowest BCUT2D eigenvalue weighted by Gasteiger charge is -2.18. The first-order valence-electron chi connectivity index (χ1n) is 6.72. The Morgan fingerprint density at radius 2 is 2.11 bits per heavy atom. The van der Waals surface area contributed by atoms with Crippen LogP contribution in [-0.2, 0) is 9.53 Å². The van der Waals surface area contributed by atoms with Gasteiger partial charge in [-0.05, 0) is 37.8 Å². The van der Waals surface area contributed by atoms with Crippen LogP contribution in [0.1, 0.15) is 56.8 Å². The average Bonchev–Trinajstić information content (AvgIpc) is 2.35. The summed E-state index contributed by atoms with van der Waals surface area (Å²) in [5.41, 5.74) is 8.65. The number of hydrogen-bond acceptors (Lipinski definition) is 3. The molecule has 0 aromatic heterocycles. The van der Waals surface area contributed by atoms with Crippen LogP contribution >= 0.6 is 0 Å². The fraction of sp³-hybridized carbons (Fsp3) is 0.533. The number of carbonyl (C=O) groups is 1. The molecule has 1 rings (SSSR count). The quantitative estimate of drug-likeness (QED) is 0.742. The predicted octanol–water partition coefficient (Wildman–Crippen LogP) is 3.33. The third-order valence-electron chi connectivity index (χ3n) is 3.35. The highest BCUT2D eigenvalue weighted by Gasteiger charge is 2.16. The van der Waals surface area contributed by atoms with Crippen molar-refractivity contribution in [3.63, 3.8) is 0 Å². The van der Waals surface area contributed by atoms with Crippen molar-refractivity contribution in [1.82, 2.24) is 0 Å². The van der Waals surface area contributed by atoms with Gasteiger partial charge in [0.25, 0.3) is 0 Å². The van der Waals surface area contributed by atoms with Gasteiger partial charge in [-0.2, -0.15) is 0 Å². The molecule has 106 valence electrons. The lowest BCUT2D eigenvalue weighted by atomic mass is 9.91. The van der Waals surface area contributed by atoms with Crippen LogP contribution in [0.2, 0.25) is 0 Å². The first-order valence-corrected chi connectivity index (χ1v) is 6.72. The van der Waals surface area contributed by atoms with Gasteiger partial charge in [0.15, 0.2) is 0 Å². The molecule has 0 fully saturated rings. The molecule has 0 aliphatic heterocycles. The molecule has 0 aliphatic rings. The molecule has 3 N–H and O–H groups in total. The van der Waals surface area contributed by atoms with Gasteiger partial charge >= 0.3 is 5.97 Å². The molecular formula is C15H23NO3. The van der Waals surface area contributed by atoms with Crippen molar-refractivity contribution in [3.05, 3.63) is 29.3 Å². The zero-order valence-corrected chi connectivity index (χ0v) is 11.8. The highest BCUT2D eigenvalue weighted by atomic mass is 16.5. The van der Waals surface area contributed by atoms with Gasteiger partial charge < -0.3 is 15.6 Å². The standard InChI is InChI=1S/C15H23NO3/c1-4-11(9-15(17)18)12-6-7-13(14(16)8-12)10(3)19-5-2/h6-8,10-11H,4-5,9,16H2,1-3H3,(H,17,18)/t10-,11-/m1/s1. The molecule has 0 saturated heterocycles. The van der Waals surface area contributed by atoms with E-state index in [0.717, 1.165) is 17.5 Å². The van der Waals surface area contributed by atoms with E-state index in [4.69, 9.17) is 15.6 Å². The van der Waals surface area contributed by atoms with Crippen LogP contribution in [0.4, 0.5) is 5.69 Å². The fourth-order valence-electron chi connectivity index (χ4n) is 2.27. The maximum Gasteiger partial charge on any atom is 0.303 e. The summed E-state index contributed by atoms with van der Waals surface area (Å²) in [6.07, 6.45) is 0.876. The number of carboxylic acids is 1. The van der Waals surface area contributed by atoms with E-state index >= 15 is 0 Å². The monoisotopic (exact) mass is 265 g/mol. The number of carboxylic acid groups (broad SMARTS) is 1. The van der Waals surface area contributed by atoms with E-state index in [-0.39, 0.29) is 18.4 Å². The number of nitrogens with two attached hydrogens (primary N) is 1. The van der Waals surface area contributed by atoms with Crippen molar-refractivity contribution in [1.29, 1.82) is 0 Å². The van der Waals surface area contributed by atoms with Crippen LogP contribution in [0.25, 0.3) is 0 Å². The van der Waals surface area contributed by atoms with Crippen molar-refractivity contribution in [2.45, 2.75) is 45.6 Å². The summed E-state index contributed by atoms with van der Waals surface area (Å²) in [6, 6.07) is 5.77. The van der Waals surface area contributed by atoms with Crippen molar-refractivity contribution < 1.29 is 14.6 Å². The predicted molar refractivity (Wildman–Crippen MR) is 76.2 cm³/mol. The SMILES string of the molecule is CCO[C@H](C)c1ccc([C@H](CC)CC(=O)O)cc1N. The molecule has 0 amide bonds. The number of anilines is 1. The zero-order valence-electron chi connectivity index (χ0n) is 11.8. The average molecular weight is 265 g/mol. The van der Waals surface area contributed by atoms with Crippen molar-refractivity contribution in [2.75, 3.05) is 12.3 Å². The third kappa shape index (κ3) is 4.24. The van der Waals surface area contributed by atoms with Gasteiger partial charge in [-0.15, -0.1) is 0 Å². The Labute approximate surface area is 114 Å². The van der Waals surface area contributed by atoms with Gasteiger partial charge in [0, 0.05) is 17.9 Å². The molecule has 0 unspecified atom stereocenters. The number of rotatable bonds is 7. The summed E-state index contributed by atoms with van der Waals surface area (Å²) >= 11 is 0. The Morgan fingerprint density at radius 3 is 2.58 bits per heavy atom. The Balaban J connectivity index is 2.94. The summed E-state index contributed by atoms with van der Waals surface area (Å²) in [7, 11) is 0. The van der Waals surface area contributed by atoms with Crippen molar-refractivity contribution in [3.8, 4) is 0 Å². The molecule has 4 nitrogen and oxygen atoms in total. The van der Waals surface area contributed by atoms with Gasteiger partial charge in [-0.3, -0.25) is 4.79 Å². The molecule has 0 spiro atoms. The van der Waals surface area contributed by atoms with E-state index in [9.17, 15) is 4.79 Å². The third-order valence-corrected chi connectivity index (χ3v) is 3.35. The number of aliphatic carboxylic acids is 1. The molecule has 19 heavy (non-hydrogen) atoms. The van der Waals surface area contributed by atoms with Gasteiger partial charge in [-0.1, -0.05) is 19.1 Å². The maximum absolute atomic E-state index is 10.8. The number of ether oxygens (including phenoxy) is 1. The smallest absolute Gasteiger partial charge is 0.303 e. The van der Waals surface area contributed by atoms with E-state index in [1.54, 1.807) is 0 Å². The summed E-state index contributed by atoms with van der Waals surface area (Å²) < 4.78 is 5.53. The molecule has 0 radical (unpaired) electrons. The summed E-state index contributed by atoms with van der Waals surface area (Å²) in [5.74, 6) is -0.770. The minimum Gasteiger partial charge on any atom is -0.481 e. The largest absolute Gasteiger partial charge is 0.481 e. The number of hydrogen-bond donors (Lipinski definition) is 2. The summed E-state index contributed by atoms with van der Waals surface area (Å²) in [6.45, 7) is 6.53. The summed E-state index contributed by atoms with van der Waals surface area (Å²) in [4.78, 5) is 10.8. The molecule has 1 aromatic carbocycles. The summed E-state index contributed by atoms with van der Waals surface area (Å²) in [5, 5.41) is 8.91. The number of benzene rings is 1. The second-order valence-electron chi connectivity index (χ2n) is 4.69. The highest BCUT2D eigenvalue weighted by Crippen LogP contribution is 2.30. The molecule has 0 bridgehead atoms. The van der Waals surface area contributed by atoms with Gasteiger partial charge in [0.1, 0.15) is 0 Å². The van der Waals surface area contributed by atoms with Crippen LogP contribution < -0.4 is 5.73 Å². The van der Waals surface area contributed by atoms with E-state index in [0.29, 0.717) is 12.3 Å². The molecule has 0 aliphatic carbocycles. The van der Waals surface area contributed by atoms with Gasteiger partial charge in [0.2, 0.25) is 0 Å². The second kappa shape index (κ2) is 7.14. The molecular weight excluding hydrogens is 242 g/mol. The fourth-order valence-corrected chi connectivity index (χ4v) is 2.27. The Morgan fingerprint density at radius 1 is 1.42 bits per heavy atom. The minimum atomic E-state index is -0.780. The zero-order chi connectivity index (χ0) is 14.4. The van der Waals surface area contributed by atoms with Crippen molar-refractivity contribution in [2.24, 2.45) is 0 Å². The van der Waals surface area contributed by atoms with E-state index < -0.39 is 5.97 Å². The van der Waals surface area contributed by atoms with Gasteiger partial charge in [-0.25, -0.2) is 0 Å². The Hall–Kier alpha value is -1.55. The van der Waals surface area contributed by atoms with Crippen LogP contribution in [0.5, 0.6) is 0 Å². The van der Waals surface area contributed by atoms with E-state index in [1.807, 2.05) is 39.0 Å². The Kier molecular flexibility index (Phi) is 5.83. The molecule has 4 heteroatoms.